The van der Waals surface area contributed by atoms with Crippen molar-refractivity contribution >= 4 is 26.4 Å². The molecule has 3 rings (SSSR count). The Kier molecular flexibility index (Phi) is 3.36. The molecule has 1 saturated heterocycles. The zero-order valence-electron chi connectivity index (χ0n) is 12.0. The van der Waals surface area contributed by atoms with Crippen LogP contribution in [0.2, 0.25) is 0 Å². The Morgan fingerprint density at radius 3 is 2.86 bits per heavy atom. The lowest BCUT2D eigenvalue weighted by atomic mass is 10.1. The molecule has 1 aromatic carbocycles. The first kappa shape index (κ1) is 14.3. The number of para-hydroxylation sites is 1. The minimum atomic E-state index is -3.01. The van der Waals surface area contributed by atoms with Gasteiger partial charge in [-0.1, -0.05) is 12.1 Å². The van der Waals surface area contributed by atoms with E-state index in [4.69, 9.17) is 0 Å². The van der Waals surface area contributed by atoms with Gasteiger partial charge in [0.2, 0.25) is 0 Å². The molecule has 0 bridgehead atoms. The van der Waals surface area contributed by atoms with Crippen molar-refractivity contribution in [3.05, 3.63) is 35.8 Å². The fourth-order valence-corrected chi connectivity index (χ4v) is 4.04. The molecule has 0 amide bonds. The van der Waals surface area contributed by atoms with E-state index in [1.165, 1.54) is 6.07 Å². The van der Waals surface area contributed by atoms with E-state index in [0.717, 1.165) is 16.8 Å². The number of anilines is 1. The summed E-state index contributed by atoms with van der Waals surface area (Å²) in [7, 11) is -3.01. The molecule has 0 unspecified atom stereocenters. The Morgan fingerprint density at radius 2 is 2.14 bits per heavy atom. The smallest absolute Gasteiger partial charge is 0.156 e. The van der Waals surface area contributed by atoms with Crippen LogP contribution >= 0.6 is 0 Å². The van der Waals surface area contributed by atoms with Crippen molar-refractivity contribution in [1.29, 1.82) is 0 Å². The van der Waals surface area contributed by atoms with Crippen molar-refractivity contribution in [2.75, 3.05) is 23.7 Å². The number of sulfone groups is 1. The van der Waals surface area contributed by atoms with Crippen molar-refractivity contribution in [2.24, 2.45) is 0 Å². The Balaban J connectivity index is 2.11. The van der Waals surface area contributed by atoms with Gasteiger partial charge < -0.3 is 4.90 Å². The normalized spacial score (nSPS) is 21.7. The van der Waals surface area contributed by atoms with Crippen LogP contribution in [-0.2, 0) is 9.84 Å². The van der Waals surface area contributed by atoms with Gasteiger partial charge >= 0.3 is 0 Å². The van der Waals surface area contributed by atoms with Gasteiger partial charge in [-0.15, -0.1) is 0 Å². The molecule has 2 heterocycles. The highest BCUT2D eigenvalue weighted by molar-refractivity contribution is 7.92. The summed E-state index contributed by atoms with van der Waals surface area (Å²) in [5.41, 5.74) is 1.93. The number of halogens is 1. The first-order valence-corrected chi connectivity index (χ1v) is 8.62. The van der Waals surface area contributed by atoms with Crippen LogP contribution in [0.3, 0.4) is 0 Å². The van der Waals surface area contributed by atoms with Gasteiger partial charge in [-0.25, -0.2) is 17.8 Å². The summed E-state index contributed by atoms with van der Waals surface area (Å²) >= 11 is 0. The summed E-state index contributed by atoms with van der Waals surface area (Å²) in [6, 6.07) is 6.77. The van der Waals surface area contributed by atoms with E-state index >= 15 is 0 Å². The van der Waals surface area contributed by atoms with Crippen molar-refractivity contribution < 1.29 is 12.8 Å². The molecule has 1 atom stereocenters. The zero-order chi connectivity index (χ0) is 15.2. The van der Waals surface area contributed by atoms with Crippen LogP contribution in [0, 0.1) is 12.7 Å². The second-order valence-electron chi connectivity index (χ2n) is 5.54. The molecule has 21 heavy (non-hydrogen) atoms. The Morgan fingerprint density at radius 1 is 1.38 bits per heavy atom. The monoisotopic (exact) mass is 308 g/mol. The lowest BCUT2D eigenvalue weighted by Gasteiger charge is -2.33. The van der Waals surface area contributed by atoms with Crippen LogP contribution in [0.25, 0.3) is 10.9 Å². The summed E-state index contributed by atoms with van der Waals surface area (Å²) in [5.74, 6) is -0.220. The van der Waals surface area contributed by atoms with E-state index in [0.29, 0.717) is 18.6 Å². The number of hydrogen-bond acceptors (Lipinski definition) is 4. The molecule has 0 radical (unpaired) electrons. The first-order chi connectivity index (χ1) is 9.88. The third-order valence-electron chi connectivity index (χ3n) is 3.97. The highest BCUT2D eigenvalue weighted by Gasteiger charge is 2.30. The number of rotatable bonds is 1. The first-order valence-electron chi connectivity index (χ1n) is 6.91. The summed E-state index contributed by atoms with van der Waals surface area (Å²) in [6.45, 7) is 4.40. The Bertz CT molecular complexity index is 805. The number of pyridine rings is 1. The highest BCUT2D eigenvalue weighted by atomic mass is 32.2. The number of hydrogen-bond donors (Lipinski definition) is 0. The lowest BCUT2D eigenvalue weighted by molar-refractivity contribution is 0.569. The molecule has 0 N–H and O–H groups in total. The minimum Gasteiger partial charge on any atom is -0.369 e. The van der Waals surface area contributed by atoms with Crippen molar-refractivity contribution in [2.45, 2.75) is 19.1 Å². The summed E-state index contributed by atoms with van der Waals surface area (Å²) in [6.07, 6.45) is 0. The van der Waals surface area contributed by atoms with Crippen molar-refractivity contribution in [3.63, 3.8) is 0 Å². The van der Waals surface area contributed by atoms with Gasteiger partial charge in [-0.3, -0.25) is 0 Å². The van der Waals surface area contributed by atoms with Gasteiger partial charge in [-0.05, 0) is 26.0 Å². The molecular formula is C15H17FN2O2S. The molecule has 4 nitrogen and oxygen atoms in total. The molecule has 0 aliphatic carbocycles. The molecule has 112 valence electrons. The maximum atomic E-state index is 13.9. The quantitative estimate of drug-likeness (QED) is 0.811. The average Bonchev–Trinajstić information content (AvgIpc) is 2.42. The number of aryl methyl sites for hydroxylation is 1. The summed E-state index contributed by atoms with van der Waals surface area (Å²) in [4.78, 5) is 6.27. The van der Waals surface area contributed by atoms with Crippen LogP contribution in [0.15, 0.2) is 24.3 Å². The topological polar surface area (TPSA) is 50.3 Å². The fourth-order valence-electron chi connectivity index (χ4n) is 2.75. The second kappa shape index (κ2) is 4.94. The molecule has 0 saturated carbocycles. The maximum absolute atomic E-state index is 13.9. The maximum Gasteiger partial charge on any atom is 0.156 e. The van der Waals surface area contributed by atoms with Crippen LogP contribution in [0.4, 0.5) is 10.1 Å². The predicted octanol–water partition coefficient (Wildman–Crippen LogP) is 2.31. The Labute approximate surface area is 123 Å². The molecule has 6 heteroatoms. The largest absolute Gasteiger partial charge is 0.369 e. The molecule has 1 aliphatic heterocycles. The van der Waals surface area contributed by atoms with Crippen molar-refractivity contribution in [1.82, 2.24) is 4.98 Å². The molecule has 1 fully saturated rings. The highest BCUT2D eigenvalue weighted by Crippen LogP contribution is 2.30. The van der Waals surface area contributed by atoms with E-state index in [1.807, 2.05) is 24.0 Å². The standard InChI is InChI=1S/C15H17FN2O2S/c1-10-8-14(12-4-3-5-13(16)15(12)17-10)18-6-7-21(19,20)11(2)9-18/h3-5,8,11H,6-7,9H2,1-2H3/t11-/m1/s1. The van der Waals surface area contributed by atoms with E-state index < -0.39 is 15.1 Å². The molecule has 0 spiro atoms. The van der Waals surface area contributed by atoms with Crippen LogP contribution < -0.4 is 4.90 Å². The van der Waals surface area contributed by atoms with Gasteiger partial charge in [0.25, 0.3) is 0 Å². The van der Waals surface area contributed by atoms with Gasteiger partial charge in [-0.2, -0.15) is 0 Å². The van der Waals surface area contributed by atoms with E-state index in [9.17, 15) is 12.8 Å². The van der Waals surface area contributed by atoms with Gasteiger partial charge in [0.1, 0.15) is 11.3 Å². The molecular weight excluding hydrogens is 291 g/mol. The van der Waals surface area contributed by atoms with E-state index in [1.54, 1.807) is 13.0 Å². The third kappa shape index (κ3) is 2.48. The third-order valence-corrected chi connectivity index (χ3v) is 6.10. The summed E-state index contributed by atoms with van der Waals surface area (Å²) in [5, 5.41) is 0.315. The number of fused-ring (bicyclic) bond motifs is 1. The van der Waals surface area contributed by atoms with Crippen LogP contribution in [-0.4, -0.2) is 37.5 Å². The van der Waals surface area contributed by atoms with Crippen LogP contribution in [0.5, 0.6) is 0 Å². The predicted molar refractivity (Wildman–Crippen MR) is 81.9 cm³/mol. The summed E-state index contributed by atoms with van der Waals surface area (Å²) < 4.78 is 37.6. The second-order valence-corrected chi connectivity index (χ2v) is 8.08. The lowest BCUT2D eigenvalue weighted by Crippen LogP contribution is -2.45. The molecule has 2 aromatic rings. The number of nitrogens with zero attached hydrogens (tertiary/aromatic N) is 2. The van der Waals surface area contributed by atoms with E-state index in [-0.39, 0.29) is 11.6 Å². The van der Waals surface area contributed by atoms with Gasteiger partial charge in [0, 0.05) is 29.9 Å². The SMILES string of the molecule is Cc1cc(N2CCS(=O)(=O)[C@H](C)C2)c2cccc(F)c2n1. The van der Waals surface area contributed by atoms with Gasteiger partial charge in [0.15, 0.2) is 9.84 Å². The fraction of sp³-hybridized carbons (Fsp3) is 0.400. The zero-order valence-corrected chi connectivity index (χ0v) is 12.8. The molecule has 1 aromatic heterocycles. The number of benzene rings is 1. The van der Waals surface area contributed by atoms with Crippen molar-refractivity contribution in [3.8, 4) is 0 Å². The minimum absolute atomic E-state index is 0.131. The number of aromatic nitrogens is 1. The van der Waals surface area contributed by atoms with E-state index in [2.05, 4.69) is 4.98 Å². The molecule has 1 aliphatic rings. The average molecular weight is 308 g/mol. The van der Waals surface area contributed by atoms with Gasteiger partial charge in [0.05, 0.1) is 11.0 Å². The Hall–Kier alpha value is -1.69. The van der Waals surface area contributed by atoms with Crippen LogP contribution in [0.1, 0.15) is 12.6 Å².